The van der Waals surface area contributed by atoms with Gasteiger partial charge in [0, 0.05) is 0 Å². The van der Waals surface area contributed by atoms with Crippen LogP contribution >= 0.6 is 47.7 Å². The minimum absolute atomic E-state index is 1.39. The molecule has 0 N–H and O–H groups in total. The van der Waals surface area contributed by atoms with Gasteiger partial charge < -0.3 is 0 Å². The molecule has 0 unspecified atom stereocenters. The highest BCUT2D eigenvalue weighted by atomic mass is 33.0. The summed E-state index contributed by atoms with van der Waals surface area (Å²) in [4.78, 5) is 0. The van der Waals surface area contributed by atoms with E-state index in [1.54, 1.807) is 0 Å². The van der Waals surface area contributed by atoms with Crippen molar-refractivity contribution in [2.45, 2.75) is 0 Å². The summed E-state index contributed by atoms with van der Waals surface area (Å²) in [5.74, 6) is 0. The second kappa shape index (κ2) is 4.46. The molecule has 6 heteroatoms. The fraction of sp³-hybridized carbons (Fsp3) is 0. The summed E-state index contributed by atoms with van der Waals surface area (Å²) >= 11 is 0. The lowest BCUT2D eigenvalue weighted by atomic mass is 29.0. The summed E-state index contributed by atoms with van der Waals surface area (Å²) in [6.07, 6.45) is 0. The van der Waals surface area contributed by atoms with Crippen molar-refractivity contribution < 1.29 is 0 Å². The average Bonchev–Trinajstić information content (AvgIpc) is 1.72. The predicted octanol–water partition coefficient (Wildman–Crippen LogP) is 3.56. The molecular formula is H6P6. The molecular weight excluding hydrogens is 186 g/mol. The van der Waals surface area contributed by atoms with E-state index in [-0.39, 0.29) is 0 Å². The maximum Gasteiger partial charge on any atom is -0.0677 e. The molecule has 1 heterocycles. The Balaban J connectivity index is 2.00. The first-order valence-electron chi connectivity index (χ1n) is 1.50. The maximum atomic E-state index is 1.39. The lowest BCUT2D eigenvalue weighted by Crippen LogP contribution is -1.14. The van der Waals surface area contributed by atoms with E-state index >= 15 is 0 Å². The van der Waals surface area contributed by atoms with E-state index in [1.807, 2.05) is 0 Å². The van der Waals surface area contributed by atoms with Crippen LogP contribution in [0.1, 0.15) is 0 Å². The molecule has 6 heavy (non-hydrogen) atoms. The van der Waals surface area contributed by atoms with Gasteiger partial charge in [0.05, 0.1) is 0 Å². The predicted molar refractivity (Wildman–Crippen MR) is 49.9 cm³/mol. The van der Waals surface area contributed by atoms with Crippen molar-refractivity contribution in [1.82, 2.24) is 0 Å². The van der Waals surface area contributed by atoms with Gasteiger partial charge >= 0.3 is 0 Å². The summed E-state index contributed by atoms with van der Waals surface area (Å²) in [5.41, 5.74) is 0. The number of rotatable bonds is 0. The Morgan fingerprint density at radius 2 is 0.500 bits per heavy atom. The molecule has 1 fully saturated rings. The van der Waals surface area contributed by atoms with Gasteiger partial charge in [-0.15, -0.1) is 0 Å². The highest BCUT2D eigenvalue weighted by Crippen LogP contribution is 2.86. The van der Waals surface area contributed by atoms with Crippen LogP contribution in [0, 0.1) is 0 Å². The highest BCUT2D eigenvalue weighted by molar-refractivity contribution is 8.92. The fourth-order valence-electron chi connectivity index (χ4n) is 0.188. The summed E-state index contributed by atoms with van der Waals surface area (Å²) in [6, 6.07) is 0. The average molecular weight is 192 g/mol. The summed E-state index contributed by atoms with van der Waals surface area (Å²) in [6.45, 7) is 0. The summed E-state index contributed by atoms with van der Waals surface area (Å²) in [5, 5.41) is 0. The van der Waals surface area contributed by atoms with Crippen molar-refractivity contribution in [2.75, 3.05) is 0 Å². The Morgan fingerprint density at radius 1 is 0.333 bits per heavy atom. The van der Waals surface area contributed by atoms with Crippen molar-refractivity contribution >= 4 is 47.7 Å². The van der Waals surface area contributed by atoms with Gasteiger partial charge in [0.1, 0.15) is 0 Å². The number of hydrogen-bond acceptors (Lipinski definition) is 0. The van der Waals surface area contributed by atoms with Gasteiger partial charge in [0.15, 0.2) is 0 Å². The third-order valence-electron chi connectivity index (χ3n) is 0.375. The Hall–Kier alpha value is 2.58. The highest BCUT2D eigenvalue weighted by Gasteiger charge is 1.94. The van der Waals surface area contributed by atoms with Crippen molar-refractivity contribution in [3.63, 3.8) is 0 Å². The lowest BCUT2D eigenvalue weighted by molar-refractivity contribution is 4.92. The zero-order chi connectivity index (χ0) is 4.24. The van der Waals surface area contributed by atoms with E-state index in [0.29, 0.717) is 0 Å². The van der Waals surface area contributed by atoms with Gasteiger partial charge in [0.2, 0.25) is 0 Å². The first kappa shape index (κ1) is 6.70. The molecule has 36 valence electrons. The van der Waals surface area contributed by atoms with E-state index in [4.69, 9.17) is 0 Å². The van der Waals surface area contributed by atoms with Crippen LogP contribution in [0.15, 0.2) is 0 Å². The molecule has 0 aromatic carbocycles. The Labute approximate surface area is 48.2 Å². The quantitative estimate of drug-likeness (QED) is 0.514. The van der Waals surface area contributed by atoms with Crippen molar-refractivity contribution in [3.8, 4) is 0 Å². The van der Waals surface area contributed by atoms with Gasteiger partial charge in [0.25, 0.3) is 0 Å². The first-order chi connectivity index (χ1) is 3.00. The molecule has 0 aliphatic carbocycles. The molecule has 0 amide bonds. The topological polar surface area (TPSA) is 0 Å². The lowest BCUT2D eigenvalue weighted by Gasteiger charge is -2.07. The minimum atomic E-state index is 1.39. The van der Waals surface area contributed by atoms with Crippen LogP contribution in [0.4, 0.5) is 0 Å². The molecule has 0 radical (unpaired) electrons. The monoisotopic (exact) mass is 192 g/mol. The third-order valence-corrected chi connectivity index (χ3v) is 30.4. The third kappa shape index (κ3) is 2.78. The van der Waals surface area contributed by atoms with Crippen molar-refractivity contribution in [2.24, 2.45) is 0 Å². The molecule has 1 aliphatic rings. The molecule has 0 bridgehead atoms. The van der Waals surface area contributed by atoms with Crippen molar-refractivity contribution in [1.29, 1.82) is 0 Å². The molecule has 0 spiro atoms. The van der Waals surface area contributed by atoms with Crippen LogP contribution in [0.3, 0.4) is 0 Å². The van der Waals surface area contributed by atoms with Crippen molar-refractivity contribution in [3.05, 3.63) is 0 Å². The Bertz CT molecular complexity index is 15.5. The second-order valence-electron chi connectivity index (χ2n) is 0.750. The van der Waals surface area contributed by atoms with Crippen LogP contribution in [0.25, 0.3) is 0 Å². The number of hydrogen-bond donors (Lipinski definition) is 0. The van der Waals surface area contributed by atoms with Crippen LogP contribution < -0.4 is 0 Å². The molecule has 1 rings (SSSR count). The van der Waals surface area contributed by atoms with E-state index in [9.17, 15) is 0 Å². The minimum Gasteiger partial charge on any atom is -0.0677 e. The Kier molecular flexibility index (Phi) is 4.98. The Morgan fingerprint density at radius 3 is 0.667 bits per heavy atom. The van der Waals surface area contributed by atoms with Crippen LogP contribution in [0.2, 0.25) is 0 Å². The SMILES string of the molecule is P1PPPPP1. The molecule has 0 nitrogen and oxygen atoms in total. The first-order valence-corrected chi connectivity index (χ1v) is 13.5. The van der Waals surface area contributed by atoms with Gasteiger partial charge in [-0.3, -0.25) is 0 Å². The smallest absolute Gasteiger partial charge is 0.0677 e. The maximum absolute atomic E-state index is 1.39. The van der Waals surface area contributed by atoms with Gasteiger partial charge in [-0.1, -0.05) is 47.7 Å². The van der Waals surface area contributed by atoms with E-state index < -0.39 is 0 Å². The summed E-state index contributed by atoms with van der Waals surface area (Å²) in [7, 11) is 8.33. The largest absolute Gasteiger partial charge is 0.0677 e. The standard InChI is InChI=1S/H6P6/c1-2-4-6-5-3-1/h1-6H. The van der Waals surface area contributed by atoms with Gasteiger partial charge in [-0.25, -0.2) is 0 Å². The van der Waals surface area contributed by atoms with E-state index in [1.165, 1.54) is 47.7 Å². The molecule has 0 atom stereocenters. The van der Waals surface area contributed by atoms with Crippen LogP contribution in [-0.2, 0) is 0 Å². The van der Waals surface area contributed by atoms with Crippen LogP contribution in [-0.4, -0.2) is 0 Å². The normalized spacial score (nSPS) is 48.0. The molecule has 1 saturated heterocycles. The molecule has 0 aromatic rings. The molecule has 1 aliphatic heterocycles. The molecule has 0 saturated carbocycles. The van der Waals surface area contributed by atoms with Crippen LogP contribution in [0.5, 0.6) is 0 Å². The van der Waals surface area contributed by atoms with Gasteiger partial charge in [-0.05, 0) is 0 Å². The molecule has 0 aromatic heterocycles. The zero-order valence-corrected chi connectivity index (χ0v) is 9.00. The van der Waals surface area contributed by atoms with E-state index in [0.717, 1.165) is 0 Å². The van der Waals surface area contributed by atoms with Gasteiger partial charge in [-0.2, -0.15) is 0 Å². The van der Waals surface area contributed by atoms with E-state index in [2.05, 4.69) is 0 Å². The second-order valence-corrected chi connectivity index (χ2v) is 20.2. The summed E-state index contributed by atoms with van der Waals surface area (Å²) < 4.78 is 0. The fourth-order valence-corrected chi connectivity index (χ4v) is 45.6. The zero-order valence-electron chi connectivity index (χ0n) is 3.00.